The second kappa shape index (κ2) is 11.1. The third-order valence-electron chi connectivity index (χ3n) is 5.30. The highest BCUT2D eigenvalue weighted by Crippen LogP contribution is 2.37. The first kappa shape index (κ1) is 27.6. The van der Waals surface area contributed by atoms with Gasteiger partial charge in [-0.3, -0.25) is 9.69 Å². The van der Waals surface area contributed by atoms with Crippen LogP contribution in [0.25, 0.3) is 0 Å². The average Bonchev–Trinajstić information content (AvgIpc) is 2.54. The van der Waals surface area contributed by atoms with Crippen molar-refractivity contribution in [3.8, 4) is 0 Å². The summed E-state index contributed by atoms with van der Waals surface area (Å²) in [5.74, 6) is -0.137. The van der Waals surface area contributed by atoms with E-state index in [1.54, 1.807) is 13.0 Å². The fourth-order valence-electron chi connectivity index (χ4n) is 2.56. The maximum Gasteiger partial charge on any atom is 0.411 e. The zero-order valence-electron chi connectivity index (χ0n) is 20.5. The molecule has 0 saturated heterocycles. The number of carbonyl (C=O) groups excluding carboxylic acids is 2. The standard InChI is InChI=1S/C23H43NO4Si/c1-12-15-19(25)16-24(21(26)28-22(4,5)6)20(18(13-2)14-3)17-27-29(10,11)23(7,8)9/h12-13,15,20H,14,16-17H2,1-11H3. The molecule has 168 valence electrons. The van der Waals surface area contributed by atoms with E-state index in [0.29, 0.717) is 6.61 Å². The van der Waals surface area contributed by atoms with Gasteiger partial charge >= 0.3 is 6.09 Å². The van der Waals surface area contributed by atoms with Gasteiger partial charge in [-0.15, -0.1) is 0 Å². The van der Waals surface area contributed by atoms with Crippen LogP contribution < -0.4 is 0 Å². The summed E-state index contributed by atoms with van der Waals surface area (Å²) in [7, 11) is -2.03. The Bertz CT molecular complexity index is 609. The zero-order chi connectivity index (χ0) is 23.0. The molecule has 0 saturated carbocycles. The Kier molecular flexibility index (Phi) is 10.6. The van der Waals surface area contributed by atoms with Crippen LogP contribution in [-0.2, 0) is 14.0 Å². The van der Waals surface area contributed by atoms with E-state index in [1.807, 2.05) is 33.8 Å². The topological polar surface area (TPSA) is 55.8 Å². The van der Waals surface area contributed by atoms with Crippen LogP contribution in [0.4, 0.5) is 4.79 Å². The lowest BCUT2D eigenvalue weighted by Crippen LogP contribution is -2.51. The summed E-state index contributed by atoms with van der Waals surface area (Å²) in [4.78, 5) is 27.0. The molecule has 1 atom stereocenters. The molecule has 1 amide bonds. The smallest absolute Gasteiger partial charge is 0.411 e. The number of rotatable bonds is 9. The molecule has 0 aliphatic rings. The summed E-state index contributed by atoms with van der Waals surface area (Å²) in [5, 5.41) is 0.0529. The summed E-state index contributed by atoms with van der Waals surface area (Å²) < 4.78 is 12.1. The Balaban J connectivity index is 6.00. The minimum atomic E-state index is -2.03. The molecule has 0 aromatic heterocycles. The number of nitrogens with zero attached hydrogens (tertiary/aromatic N) is 1. The van der Waals surface area contributed by atoms with E-state index in [-0.39, 0.29) is 23.4 Å². The van der Waals surface area contributed by atoms with Crippen molar-refractivity contribution < 1.29 is 18.8 Å². The summed E-state index contributed by atoms with van der Waals surface area (Å²) in [6.07, 6.45) is 5.46. The molecule has 0 aromatic carbocycles. The monoisotopic (exact) mass is 425 g/mol. The Labute approximate surface area is 179 Å². The van der Waals surface area contributed by atoms with E-state index < -0.39 is 20.0 Å². The highest BCUT2D eigenvalue weighted by Gasteiger charge is 2.39. The van der Waals surface area contributed by atoms with Gasteiger partial charge < -0.3 is 9.16 Å². The second-order valence-electron chi connectivity index (χ2n) is 9.88. The predicted molar refractivity (Wildman–Crippen MR) is 124 cm³/mol. The number of ether oxygens (including phenoxy) is 1. The summed E-state index contributed by atoms with van der Waals surface area (Å²) >= 11 is 0. The van der Waals surface area contributed by atoms with Gasteiger partial charge in [0.05, 0.1) is 19.2 Å². The van der Waals surface area contributed by atoms with Crippen LogP contribution in [0.5, 0.6) is 0 Å². The van der Waals surface area contributed by atoms with E-state index >= 15 is 0 Å². The number of amides is 1. The highest BCUT2D eigenvalue weighted by atomic mass is 28.4. The molecule has 0 bridgehead atoms. The van der Waals surface area contributed by atoms with Gasteiger partial charge in [0.2, 0.25) is 0 Å². The van der Waals surface area contributed by atoms with E-state index in [4.69, 9.17) is 9.16 Å². The van der Waals surface area contributed by atoms with Crippen molar-refractivity contribution >= 4 is 20.2 Å². The van der Waals surface area contributed by atoms with Crippen LogP contribution in [0.1, 0.15) is 68.7 Å². The van der Waals surface area contributed by atoms with E-state index in [9.17, 15) is 9.59 Å². The summed E-state index contributed by atoms with van der Waals surface area (Å²) in [5.41, 5.74) is 0.411. The highest BCUT2D eigenvalue weighted by molar-refractivity contribution is 6.74. The van der Waals surface area contributed by atoms with Crippen LogP contribution in [0.15, 0.2) is 23.8 Å². The molecule has 0 N–H and O–H groups in total. The van der Waals surface area contributed by atoms with Crippen molar-refractivity contribution in [3.05, 3.63) is 23.8 Å². The molecule has 5 nitrogen and oxygen atoms in total. The quantitative estimate of drug-likeness (QED) is 0.254. The Morgan fingerprint density at radius 2 is 1.62 bits per heavy atom. The van der Waals surface area contributed by atoms with Gasteiger partial charge in [0.15, 0.2) is 14.1 Å². The number of carbonyl (C=O) groups is 2. The number of allylic oxidation sites excluding steroid dienone is 2. The number of ketones is 1. The minimum absolute atomic E-state index is 0.0396. The maximum absolute atomic E-state index is 13.1. The van der Waals surface area contributed by atoms with Gasteiger partial charge in [-0.2, -0.15) is 0 Å². The second-order valence-corrected chi connectivity index (χ2v) is 14.7. The van der Waals surface area contributed by atoms with Gasteiger partial charge in [0.1, 0.15) is 5.60 Å². The lowest BCUT2D eigenvalue weighted by atomic mass is 10.0. The zero-order valence-corrected chi connectivity index (χ0v) is 21.5. The lowest BCUT2D eigenvalue weighted by Gasteiger charge is -2.40. The number of hydrogen-bond donors (Lipinski definition) is 0. The van der Waals surface area contributed by atoms with Crippen molar-refractivity contribution in [3.63, 3.8) is 0 Å². The molecule has 0 radical (unpaired) electrons. The van der Waals surface area contributed by atoms with Crippen LogP contribution >= 0.6 is 0 Å². The molecule has 0 aromatic rings. The molecule has 0 fully saturated rings. The molecule has 0 aliphatic heterocycles. The average molecular weight is 426 g/mol. The molecular formula is C23H43NO4Si. The van der Waals surface area contributed by atoms with Gasteiger partial charge in [-0.1, -0.05) is 39.8 Å². The Morgan fingerprint density at radius 3 is 2.00 bits per heavy atom. The van der Waals surface area contributed by atoms with Crippen LogP contribution in [0.3, 0.4) is 0 Å². The molecule has 1 unspecified atom stereocenters. The van der Waals surface area contributed by atoms with E-state index in [1.165, 1.54) is 11.0 Å². The van der Waals surface area contributed by atoms with Crippen molar-refractivity contribution in [2.24, 2.45) is 0 Å². The SMILES string of the molecule is CC=CC(=O)CN(C(=O)OC(C)(C)C)C(CO[Si](C)(C)C(C)(C)C)C(=CC)CC. The predicted octanol–water partition coefficient (Wildman–Crippen LogP) is 6.12. The van der Waals surface area contributed by atoms with Crippen LogP contribution in [0.2, 0.25) is 18.1 Å². The Morgan fingerprint density at radius 1 is 1.07 bits per heavy atom. The van der Waals surface area contributed by atoms with Crippen molar-refractivity contribution in [2.45, 2.75) is 98.5 Å². The molecule has 0 rings (SSSR count). The fourth-order valence-corrected chi connectivity index (χ4v) is 3.57. The van der Waals surface area contributed by atoms with Crippen molar-refractivity contribution in [1.82, 2.24) is 4.90 Å². The first-order chi connectivity index (χ1) is 13.1. The van der Waals surface area contributed by atoms with Gasteiger partial charge in [0, 0.05) is 0 Å². The fraction of sp³-hybridized carbons (Fsp3) is 0.739. The number of hydrogen-bond acceptors (Lipinski definition) is 4. The van der Waals surface area contributed by atoms with E-state index in [2.05, 4.69) is 40.8 Å². The molecule has 29 heavy (non-hydrogen) atoms. The van der Waals surface area contributed by atoms with E-state index in [0.717, 1.165) is 12.0 Å². The largest absolute Gasteiger partial charge is 0.444 e. The third kappa shape index (κ3) is 9.30. The van der Waals surface area contributed by atoms with Crippen molar-refractivity contribution in [2.75, 3.05) is 13.2 Å². The first-order valence-electron chi connectivity index (χ1n) is 10.5. The lowest BCUT2D eigenvalue weighted by molar-refractivity contribution is -0.116. The molecule has 0 heterocycles. The summed E-state index contributed by atoms with van der Waals surface area (Å²) in [6, 6.07) is -0.344. The van der Waals surface area contributed by atoms with Gasteiger partial charge in [-0.05, 0) is 70.8 Å². The Hall–Kier alpha value is -1.40. The summed E-state index contributed by atoms with van der Waals surface area (Å²) in [6.45, 7) is 22.5. The van der Waals surface area contributed by atoms with Crippen LogP contribution in [0, 0.1) is 0 Å². The molecular weight excluding hydrogens is 382 g/mol. The first-order valence-corrected chi connectivity index (χ1v) is 13.4. The molecule has 0 aliphatic carbocycles. The maximum atomic E-state index is 13.1. The van der Waals surface area contributed by atoms with Crippen molar-refractivity contribution in [1.29, 1.82) is 0 Å². The minimum Gasteiger partial charge on any atom is -0.444 e. The normalized spacial score (nSPS) is 14.8. The third-order valence-corrected chi connectivity index (χ3v) is 9.80. The molecule has 6 heteroatoms. The van der Waals surface area contributed by atoms with Crippen LogP contribution in [-0.4, -0.2) is 49.9 Å². The molecule has 0 spiro atoms. The van der Waals surface area contributed by atoms with Gasteiger partial charge in [-0.25, -0.2) is 4.79 Å². The van der Waals surface area contributed by atoms with Gasteiger partial charge in [0.25, 0.3) is 0 Å².